The number of carbonyl (C=O) groups is 3. The van der Waals surface area contributed by atoms with Crippen molar-refractivity contribution in [2.45, 2.75) is 37.3 Å². The van der Waals surface area contributed by atoms with E-state index in [0.717, 1.165) is 33.7 Å². The Morgan fingerprint density at radius 3 is 2.41 bits per heavy atom. The number of para-hydroxylation sites is 1. The first-order chi connectivity index (χ1) is 18.9. The molecule has 0 radical (unpaired) electrons. The maximum absolute atomic E-state index is 13.3. The molecule has 1 aliphatic rings. The van der Waals surface area contributed by atoms with Crippen LogP contribution in [0, 0.1) is 11.8 Å². The predicted octanol–water partition coefficient (Wildman–Crippen LogP) is 5.37. The molecule has 1 atom stereocenters. The molecular formula is C30H29N3O3S3. The molecule has 3 aromatic carbocycles. The van der Waals surface area contributed by atoms with Crippen LogP contribution in [0.15, 0.2) is 72.8 Å². The number of hydrogen-bond donors (Lipinski definition) is 3. The highest BCUT2D eigenvalue weighted by molar-refractivity contribution is 8.76. The molecule has 200 valence electrons. The standard InChI is InChI=1S/C30H29N3O3S3/c1-21(39-38-20-22-10-12-25(13-11-22)30(36)32-37)18-31-28(34)16-17-29(35)33-19-26-8-3-2-6-23(26)14-15-24-7-4-5-9-27(24)33/h2-13,21,37H,16-20H2,1H3,(H,31,34)(H,32,36). The average molecular weight is 576 g/mol. The number of thiol groups is 1. The first-order valence-corrected chi connectivity index (χ1v) is 15.3. The maximum atomic E-state index is 13.3. The Hall–Kier alpha value is -3.32. The molecule has 0 bridgehead atoms. The van der Waals surface area contributed by atoms with Gasteiger partial charge in [0.05, 0.1) is 12.2 Å². The van der Waals surface area contributed by atoms with E-state index in [-0.39, 0.29) is 35.8 Å². The Bertz CT molecular complexity index is 1400. The summed E-state index contributed by atoms with van der Waals surface area (Å²) in [6.45, 7) is 2.98. The maximum Gasteiger partial charge on any atom is 0.260 e. The number of nitrogens with zero attached hydrogens (tertiary/aromatic N) is 1. The molecule has 9 heteroatoms. The summed E-state index contributed by atoms with van der Waals surface area (Å²) in [5.41, 5.74) is 5.13. The van der Waals surface area contributed by atoms with Crippen molar-refractivity contribution >= 4 is 57.8 Å². The van der Waals surface area contributed by atoms with Gasteiger partial charge in [-0.1, -0.05) is 95.6 Å². The summed E-state index contributed by atoms with van der Waals surface area (Å²) >= 11 is 3.78. The van der Waals surface area contributed by atoms with Crippen LogP contribution in [0.2, 0.25) is 0 Å². The van der Waals surface area contributed by atoms with E-state index >= 15 is 0 Å². The molecule has 0 spiro atoms. The Morgan fingerprint density at radius 1 is 0.949 bits per heavy atom. The lowest BCUT2D eigenvalue weighted by atomic mass is 10.0. The number of nitrogens with one attached hydrogen (secondary N) is 2. The monoisotopic (exact) mass is 575 g/mol. The normalized spacial score (nSPS) is 12.5. The fourth-order valence-electron chi connectivity index (χ4n) is 3.98. The molecule has 4 rings (SSSR count). The summed E-state index contributed by atoms with van der Waals surface area (Å²) in [6.07, 6.45) is 0.245. The molecule has 1 unspecified atom stereocenters. The number of anilines is 1. The van der Waals surface area contributed by atoms with Gasteiger partial charge < -0.3 is 10.2 Å². The van der Waals surface area contributed by atoms with Crippen molar-refractivity contribution < 1.29 is 14.4 Å². The minimum Gasteiger partial charge on any atom is -0.355 e. The smallest absolute Gasteiger partial charge is 0.260 e. The molecule has 0 saturated heterocycles. The Kier molecular flexibility index (Phi) is 10.4. The van der Waals surface area contributed by atoms with E-state index in [4.69, 9.17) is 0 Å². The third kappa shape index (κ3) is 8.09. The van der Waals surface area contributed by atoms with E-state index in [0.29, 0.717) is 18.7 Å². The van der Waals surface area contributed by atoms with Gasteiger partial charge in [-0.2, -0.15) is 0 Å². The predicted molar refractivity (Wildman–Crippen MR) is 164 cm³/mol. The highest BCUT2D eigenvalue weighted by atomic mass is 33.1. The molecule has 1 aliphatic heterocycles. The molecule has 0 fully saturated rings. The zero-order chi connectivity index (χ0) is 27.6. The van der Waals surface area contributed by atoms with Gasteiger partial charge in [0.2, 0.25) is 11.8 Å². The van der Waals surface area contributed by atoms with Gasteiger partial charge in [0.25, 0.3) is 5.91 Å². The third-order valence-electron chi connectivity index (χ3n) is 6.10. The summed E-state index contributed by atoms with van der Waals surface area (Å²) in [5, 5.41) is 3.15. The Balaban J connectivity index is 1.23. The van der Waals surface area contributed by atoms with Crippen LogP contribution in [0.25, 0.3) is 0 Å². The van der Waals surface area contributed by atoms with E-state index in [1.807, 2.05) is 60.7 Å². The first kappa shape index (κ1) is 28.7. The number of carbonyl (C=O) groups excluding carboxylic acids is 3. The molecule has 0 aliphatic carbocycles. The van der Waals surface area contributed by atoms with Gasteiger partial charge >= 0.3 is 0 Å². The molecule has 3 aromatic rings. The molecule has 3 amide bonds. The van der Waals surface area contributed by atoms with E-state index in [1.165, 1.54) is 0 Å². The molecule has 6 nitrogen and oxygen atoms in total. The van der Waals surface area contributed by atoms with Crippen molar-refractivity contribution in [2.24, 2.45) is 0 Å². The lowest BCUT2D eigenvalue weighted by Crippen LogP contribution is -2.34. The first-order valence-electron chi connectivity index (χ1n) is 12.5. The van der Waals surface area contributed by atoms with Gasteiger partial charge in [0.1, 0.15) is 0 Å². The van der Waals surface area contributed by atoms with Gasteiger partial charge in [-0.05, 0) is 41.5 Å². The molecule has 0 aromatic heterocycles. The zero-order valence-corrected chi connectivity index (χ0v) is 24.0. The van der Waals surface area contributed by atoms with Crippen LogP contribution in [0.3, 0.4) is 0 Å². The minimum absolute atomic E-state index is 0.105. The van der Waals surface area contributed by atoms with Crippen LogP contribution in [0.4, 0.5) is 5.69 Å². The van der Waals surface area contributed by atoms with E-state index in [1.54, 1.807) is 38.6 Å². The summed E-state index contributed by atoms with van der Waals surface area (Å²) in [7, 11) is 3.38. The Morgan fingerprint density at radius 2 is 1.64 bits per heavy atom. The zero-order valence-electron chi connectivity index (χ0n) is 21.5. The lowest BCUT2D eigenvalue weighted by molar-refractivity contribution is -0.125. The molecular weight excluding hydrogens is 547 g/mol. The van der Waals surface area contributed by atoms with Gasteiger partial charge in [-0.25, -0.2) is 0 Å². The number of hydrogen-bond acceptors (Lipinski definition) is 6. The summed E-state index contributed by atoms with van der Waals surface area (Å²) in [6, 6.07) is 22.9. The molecule has 0 saturated carbocycles. The molecule has 2 N–H and O–H groups in total. The second kappa shape index (κ2) is 14.2. The van der Waals surface area contributed by atoms with Gasteiger partial charge in [-0.3, -0.25) is 19.1 Å². The Labute approximate surface area is 242 Å². The van der Waals surface area contributed by atoms with Gasteiger partial charge in [-0.15, -0.1) is 0 Å². The van der Waals surface area contributed by atoms with Crippen molar-refractivity contribution in [1.82, 2.24) is 10.0 Å². The van der Waals surface area contributed by atoms with Gasteiger partial charge in [0.15, 0.2) is 0 Å². The van der Waals surface area contributed by atoms with Crippen molar-refractivity contribution in [3.8, 4) is 11.8 Å². The fraction of sp³-hybridized carbons (Fsp3) is 0.233. The second-order valence-electron chi connectivity index (χ2n) is 9.02. The van der Waals surface area contributed by atoms with Gasteiger partial charge in [0, 0.05) is 47.1 Å². The number of amides is 3. The molecule has 39 heavy (non-hydrogen) atoms. The number of fused-ring (bicyclic) bond motifs is 2. The van der Waals surface area contributed by atoms with Crippen molar-refractivity contribution in [1.29, 1.82) is 0 Å². The minimum atomic E-state index is -0.232. The van der Waals surface area contributed by atoms with E-state index < -0.39 is 0 Å². The van der Waals surface area contributed by atoms with Crippen LogP contribution in [-0.4, -0.2) is 29.5 Å². The van der Waals surface area contributed by atoms with E-state index in [9.17, 15) is 14.4 Å². The van der Waals surface area contributed by atoms with Crippen LogP contribution < -0.4 is 14.9 Å². The number of benzene rings is 3. The van der Waals surface area contributed by atoms with Crippen LogP contribution in [0.5, 0.6) is 0 Å². The largest absolute Gasteiger partial charge is 0.355 e. The highest BCUT2D eigenvalue weighted by Crippen LogP contribution is 2.30. The van der Waals surface area contributed by atoms with Crippen molar-refractivity contribution in [3.63, 3.8) is 0 Å². The highest BCUT2D eigenvalue weighted by Gasteiger charge is 2.21. The average Bonchev–Trinajstić information content (AvgIpc) is 2.96. The summed E-state index contributed by atoms with van der Waals surface area (Å²) in [5.74, 6) is 6.72. The van der Waals surface area contributed by atoms with E-state index in [2.05, 4.69) is 41.6 Å². The molecule has 1 heterocycles. The van der Waals surface area contributed by atoms with Crippen LogP contribution in [0.1, 0.15) is 52.4 Å². The third-order valence-corrected chi connectivity index (χ3v) is 9.13. The number of rotatable bonds is 10. The SMILES string of the molecule is CC(CNC(=O)CCC(=O)N1Cc2ccccc2C#Cc2ccccc21)SSCc1ccc(C(=O)NS)cc1. The lowest BCUT2D eigenvalue weighted by Gasteiger charge is -2.26. The topological polar surface area (TPSA) is 78.5 Å². The van der Waals surface area contributed by atoms with Crippen molar-refractivity contribution in [2.75, 3.05) is 11.4 Å². The van der Waals surface area contributed by atoms with Crippen LogP contribution >= 0.6 is 34.4 Å². The second-order valence-corrected chi connectivity index (χ2v) is 12.0. The summed E-state index contributed by atoms with van der Waals surface area (Å²) in [4.78, 5) is 39.2. The fourth-order valence-corrected chi connectivity index (χ4v) is 6.40. The van der Waals surface area contributed by atoms with Crippen molar-refractivity contribution in [3.05, 3.63) is 101 Å². The quantitative estimate of drug-likeness (QED) is 0.172. The summed E-state index contributed by atoms with van der Waals surface area (Å²) < 4.78 is 2.31. The van der Waals surface area contributed by atoms with Crippen LogP contribution in [-0.2, 0) is 21.9 Å².